The second-order valence-electron chi connectivity index (χ2n) is 7.94. The molecule has 0 spiro atoms. The molecule has 2 aromatic rings. The summed E-state index contributed by atoms with van der Waals surface area (Å²) in [6.07, 6.45) is 1.44. The zero-order chi connectivity index (χ0) is 23.1. The van der Waals surface area contributed by atoms with Crippen LogP contribution in [0, 0.1) is 12.8 Å². The molecule has 0 bridgehead atoms. The average Bonchev–Trinajstić information content (AvgIpc) is 2.76. The number of anilines is 1. The van der Waals surface area contributed by atoms with Gasteiger partial charge in [-0.1, -0.05) is 18.2 Å². The SMILES string of the molecule is CC(=O)Nc1ccc(S(=O)(=O)NCC2CCN(C(=O)COc3ccccc3)CC2)c(C)c1. The lowest BCUT2D eigenvalue weighted by Crippen LogP contribution is -2.43. The fourth-order valence-corrected chi connectivity index (χ4v) is 5.02. The Labute approximate surface area is 189 Å². The summed E-state index contributed by atoms with van der Waals surface area (Å²) in [5.41, 5.74) is 1.12. The maximum absolute atomic E-state index is 12.7. The minimum atomic E-state index is -3.67. The van der Waals surface area contributed by atoms with Crippen LogP contribution in [0.3, 0.4) is 0 Å². The molecule has 0 radical (unpaired) electrons. The molecule has 0 saturated carbocycles. The maximum atomic E-state index is 12.7. The molecule has 1 fully saturated rings. The van der Waals surface area contributed by atoms with Crippen molar-refractivity contribution in [2.45, 2.75) is 31.6 Å². The fraction of sp³-hybridized carbons (Fsp3) is 0.391. The minimum Gasteiger partial charge on any atom is -0.484 e. The monoisotopic (exact) mass is 459 g/mol. The van der Waals surface area contributed by atoms with Gasteiger partial charge in [0, 0.05) is 32.2 Å². The molecule has 0 unspecified atom stereocenters. The number of aryl methyl sites for hydroxylation is 1. The van der Waals surface area contributed by atoms with Crippen LogP contribution in [0.5, 0.6) is 5.75 Å². The van der Waals surface area contributed by atoms with Crippen LogP contribution in [0.25, 0.3) is 0 Å². The van der Waals surface area contributed by atoms with Crippen molar-refractivity contribution in [2.24, 2.45) is 5.92 Å². The van der Waals surface area contributed by atoms with Crippen LogP contribution in [0.15, 0.2) is 53.4 Å². The maximum Gasteiger partial charge on any atom is 0.260 e. The summed E-state index contributed by atoms with van der Waals surface area (Å²) < 4.78 is 33.7. The van der Waals surface area contributed by atoms with E-state index in [1.807, 2.05) is 18.2 Å². The number of rotatable bonds is 8. The summed E-state index contributed by atoms with van der Waals surface area (Å²) in [6.45, 7) is 4.56. The zero-order valence-electron chi connectivity index (χ0n) is 18.3. The Morgan fingerprint density at radius 2 is 1.78 bits per heavy atom. The first-order valence-electron chi connectivity index (χ1n) is 10.6. The van der Waals surface area contributed by atoms with E-state index in [0.29, 0.717) is 36.6 Å². The predicted octanol–water partition coefficient (Wildman–Crippen LogP) is 2.55. The van der Waals surface area contributed by atoms with Crippen molar-refractivity contribution in [2.75, 3.05) is 31.6 Å². The van der Waals surface area contributed by atoms with Gasteiger partial charge in [0.1, 0.15) is 5.75 Å². The van der Waals surface area contributed by atoms with Crippen molar-refractivity contribution in [1.29, 1.82) is 0 Å². The molecule has 3 rings (SSSR count). The smallest absolute Gasteiger partial charge is 0.260 e. The number of carbonyl (C=O) groups is 2. The summed E-state index contributed by atoms with van der Waals surface area (Å²) in [7, 11) is -3.67. The lowest BCUT2D eigenvalue weighted by Gasteiger charge is -2.32. The molecule has 2 N–H and O–H groups in total. The van der Waals surface area contributed by atoms with E-state index in [1.165, 1.54) is 13.0 Å². The third-order valence-electron chi connectivity index (χ3n) is 5.42. The lowest BCUT2D eigenvalue weighted by molar-refractivity contribution is -0.134. The van der Waals surface area contributed by atoms with E-state index < -0.39 is 10.0 Å². The Bertz CT molecular complexity index is 1050. The van der Waals surface area contributed by atoms with Crippen LogP contribution in [0.1, 0.15) is 25.3 Å². The van der Waals surface area contributed by atoms with Crippen molar-refractivity contribution in [3.63, 3.8) is 0 Å². The van der Waals surface area contributed by atoms with Crippen LogP contribution in [-0.2, 0) is 19.6 Å². The molecule has 1 aliphatic rings. The van der Waals surface area contributed by atoms with Crippen molar-refractivity contribution >= 4 is 27.5 Å². The summed E-state index contributed by atoms with van der Waals surface area (Å²) >= 11 is 0. The largest absolute Gasteiger partial charge is 0.484 e. The number of piperidine rings is 1. The quantitative estimate of drug-likeness (QED) is 0.631. The van der Waals surface area contributed by atoms with Gasteiger partial charge < -0.3 is 15.0 Å². The van der Waals surface area contributed by atoms with E-state index in [4.69, 9.17) is 4.74 Å². The Balaban J connectivity index is 1.47. The van der Waals surface area contributed by atoms with E-state index in [0.717, 1.165) is 12.8 Å². The standard InChI is InChI=1S/C23H29N3O5S/c1-17-14-20(25-18(2)27)8-9-22(17)32(29,30)24-15-19-10-12-26(13-11-19)23(28)16-31-21-6-4-3-5-7-21/h3-9,14,19,24H,10-13,15-16H2,1-2H3,(H,25,27). The summed E-state index contributed by atoms with van der Waals surface area (Å²) in [6, 6.07) is 13.9. The number of nitrogens with zero attached hydrogens (tertiary/aromatic N) is 1. The number of para-hydroxylation sites is 1. The number of sulfonamides is 1. The molecule has 172 valence electrons. The van der Waals surface area contributed by atoms with Crippen LogP contribution in [0.2, 0.25) is 0 Å². The Kier molecular flexibility index (Phi) is 7.87. The first-order chi connectivity index (χ1) is 15.2. The third-order valence-corrected chi connectivity index (χ3v) is 7.00. The van der Waals surface area contributed by atoms with Gasteiger partial charge in [-0.2, -0.15) is 0 Å². The van der Waals surface area contributed by atoms with Crippen LogP contribution >= 0.6 is 0 Å². The van der Waals surface area contributed by atoms with E-state index in [2.05, 4.69) is 10.0 Å². The zero-order valence-corrected chi connectivity index (χ0v) is 19.2. The first-order valence-corrected chi connectivity index (χ1v) is 12.1. The molecule has 0 aromatic heterocycles. The Morgan fingerprint density at radius 3 is 2.41 bits per heavy atom. The highest BCUT2D eigenvalue weighted by Crippen LogP contribution is 2.21. The van der Waals surface area contributed by atoms with Gasteiger partial charge in [-0.15, -0.1) is 0 Å². The van der Waals surface area contributed by atoms with E-state index in [9.17, 15) is 18.0 Å². The topological polar surface area (TPSA) is 105 Å². The molecule has 9 heteroatoms. The summed E-state index contributed by atoms with van der Waals surface area (Å²) in [4.78, 5) is 25.5. The van der Waals surface area contributed by atoms with E-state index in [1.54, 1.807) is 36.1 Å². The Morgan fingerprint density at radius 1 is 1.09 bits per heavy atom. The number of hydrogen-bond acceptors (Lipinski definition) is 5. The van der Waals surface area contributed by atoms with Gasteiger partial charge >= 0.3 is 0 Å². The van der Waals surface area contributed by atoms with Gasteiger partial charge in [-0.25, -0.2) is 13.1 Å². The average molecular weight is 460 g/mol. The number of carbonyl (C=O) groups excluding carboxylic acids is 2. The molecule has 2 aromatic carbocycles. The predicted molar refractivity (Wildman–Crippen MR) is 122 cm³/mol. The molecule has 8 nitrogen and oxygen atoms in total. The summed E-state index contributed by atoms with van der Waals surface area (Å²) in [5.74, 6) is 0.533. The number of benzene rings is 2. The normalized spacial score (nSPS) is 14.8. The second-order valence-corrected chi connectivity index (χ2v) is 9.67. The van der Waals surface area contributed by atoms with Gasteiger partial charge in [0.2, 0.25) is 15.9 Å². The summed E-state index contributed by atoms with van der Waals surface area (Å²) in [5, 5.41) is 2.64. The van der Waals surface area contributed by atoms with Crippen LogP contribution in [0.4, 0.5) is 5.69 Å². The highest BCUT2D eigenvalue weighted by atomic mass is 32.2. The molecule has 1 aliphatic heterocycles. The van der Waals surface area contributed by atoms with Gasteiger partial charge in [-0.3, -0.25) is 9.59 Å². The molecule has 1 saturated heterocycles. The number of likely N-dealkylation sites (tertiary alicyclic amines) is 1. The Hall–Kier alpha value is -2.91. The molecule has 2 amide bonds. The molecular weight excluding hydrogens is 430 g/mol. The number of nitrogens with one attached hydrogen (secondary N) is 2. The minimum absolute atomic E-state index is 0.00489. The number of hydrogen-bond donors (Lipinski definition) is 2. The second kappa shape index (κ2) is 10.6. The fourth-order valence-electron chi connectivity index (χ4n) is 3.68. The lowest BCUT2D eigenvalue weighted by atomic mass is 9.97. The van der Waals surface area contributed by atoms with Crippen molar-refractivity contribution < 1.29 is 22.7 Å². The first kappa shape index (κ1) is 23.7. The molecule has 1 heterocycles. The molecular formula is C23H29N3O5S. The molecule has 32 heavy (non-hydrogen) atoms. The van der Waals surface area contributed by atoms with Crippen LogP contribution in [-0.4, -0.2) is 51.4 Å². The molecule has 0 aliphatic carbocycles. The molecule has 0 atom stereocenters. The van der Waals surface area contributed by atoms with Crippen LogP contribution < -0.4 is 14.8 Å². The highest BCUT2D eigenvalue weighted by Gasteiger charge is 2.25. The van der Waals surface area contributed by atoms with Crippen molar-refractivity contribution in [3.8, 4) is 5.75 Å². The van der Waals surface area contributed by atoms with Crippen molar-refractivity contribution in [1.82, 2.24) is 9.62 Å². The van der Waals surface area contributed by atoms with Gasteiger partial charge in [-0.05, 0) is 61.6 Å². The highest BCUT2D eigenvalue weighted by molar-refractivity contribution is 7.89. The number of ether oxygens (including phenoxy) is 1. The van der Waals surface area contributed by atoms with Gasteiger partial charge in [0.05, 0.1) is 4.90 Å². The number of amides is 2. The van der Waals surface area contributed by atoms with Gasteiger partial charge in [0.15, 0.2) is 6.61 Å². The van der Waals surface area contributed by atoms with Gasteiger partial charge in [0.25, 0.3) is 5.91 Å². The van der Waals surface area contributed by atoms with Crippen molar-refractivity contribution in [3.05, 3.63) is 54.1 Å². The third kappa shape index (κ3) is 6.54. The van der Waals surface area contributed by atoms with E-state index in [-0.39, 0.29) is 29.2 Å². The van der Waals surface area contributed by atoms with E-state index >= 15 is 0 Å².